The summed E-state index contributed by atoms with van der Waals surface area (Å²) >= 11 is 5.98. The fourth-order valence-corrected chi connectivity index (χ4v) is 2.09. The minimum absolute atomic E-state index is 0.345. The third kappa shape index (κ3) is 4.67. The van der Waals surface area contributed by atoms with Gasteiger partial charge in [-0.15, -0.1) is 0 Å². The first-order valence-electron chi connectivity index (χ1n) is 6.70. The van der Waals surface area contributed by atoms with E-state index in [1.807, 2.05) is 35.8 Å². The molecule has 0 aliphatic carbocycles. The van der Waals surface area contributed by atoms with Crippen LogP contribution in [0.15, 0.2) is 17.3 Å². The van der Waals surface area contributed by atoms with Crippen LogP contribution in [-0.4, -0.2) is 42.0 Å². The summed E-state index contributed by atoms with van der Waals surface area (Å²) in [7, 11) is 5.57. The van der Waals surface area contributed by atoms with Gasteiger partial charge in [0.05, 0.1) is 17.0 Å². The van der Waals surface area contributed by atoms with E-state index in [0.29, 0.717) is 24.1 Å². The van der Waals surface area contributed by atoms with Gasteiger partial charge in [0, 0.05) is 39.6 Å². The van der Waals surface area contributed by atoms with E-state index in [1.165, 1.54) is 0 Å². The van der Waals surface area contributed by atoms with Gasteiger partial charge in [-0.3, -0.25) is 9.79 Å². The monoisotopic (exact) mass is 313 g/mol. The van der Waals surface area contributed by atoms with E-state index < -0.39 is 5.41 Å². The van der Waals surface area contributed by atoms with Crippen molar-refractivity contribution in [2.45, 2.75) is 20.4 Å². The molecule has 0 fully saturated rings. The molecule has 1 heterocycles. The Morgan fingerprint density at radius 1 is 1.57 bits per heavy atom. The maximum atomic E-state index is 11.3. The van der Waals surface area contributed by atoms with Crippen molar-refractivity contribution in [1.82, 2.24) is 14.8 Å². The molecule has 0 aliphatic rings. The molecule has 1 aromatic heterocycles. The molecular weight excluding hydrogens is 290 g/mol. The second-order valence-corrected chi connectivity index (χ2v) is 6.20. The molecule has 0 saturated carbocycles. The van der Waals surface area contributed by atoms with Gasteiger partial charge in [0.15, 0.2) is 5.96 Å². The maximum absolute atomic E-state index is 11.3. The van der Waals surface area contributed by atoms with Crippen molar-refractivity contribution in [2.75, 3.05) is 20.6 Å². The Kier molecular flexibility index (Phi) is 5.66. The van der Waals surface area contributed by atoms with Crippen LogP contribution in [0.1, 0.15) is 19.5 Å². The minimum Gasteiger partial charge on any atom is -0.369 e. The lowest BCUT2D eigenvalue weighted by molar-refractivity contribution is -0.125. The molecule has 0 aliphatic heterocycles. The van der Waals surface area contributed by atoms with Gasteiger partial charge in [0.2, 0.25) is 5.91 Å². The zero-order valence-corrected chi connectivity index (χ0v) is 14.0. The predicted molar refractivity (Wildman–Crippen MR) is 86.2 cm³/mol. The molecule has 21 heavy (non-hydrogen) atoms. The summed E-state index contributed by atoms with van der Waals surface area (Å²) in [6.45, 7) is 4.67. The second-order valence-electron chi connectivity index (χ2n) is 5.77. The number of nitrogens with two attached hydrogens (primary N) is 1. The molecule has 3 N–H and O–H groups in total. The number of rotatable bonds is 5. The number of hydrogen-bond donors (Lipinski definition) is 2. The molecular formula is C14H24ClN5O. The van der Waals surface area contributed by atoms with Crippen LogP contribution < -0.4 is 11.1 Å². The van der Waals surface area contributed by atoms with E-state index in [1.54, 1.807) is 20.9 Å². The summed E-state index contributed by atoms with van der Waals surface area (Å²) in [6.07, 6.45) is 1.86. The van der Waals surface area contributed by atoms with E-state index in [2.05, 4.69) is 10.3 Å². The number of hydrogen-bond acceptors (Lipinski definition) is 2. The van der Waals surface area contributed by atoms with Crippen LogP contribution in [0, 0.1) is 5.41 Å². The van der Waals surface area contributed by atoms with Crippen LogP contribution in [0.3, 0.4) is 0 Å². The summed E-state index contributed by atoms with van der Waals surface area (Å²) in [5, 5.41) is 3.88. The highest BCUT2D eigenvalue weighted by Crippen LogP contribution is 2.15. The Balaban J connectivity index is 2.68. The number of aryl methyl sites for hydroxylation is 1. The standard InChI is InChI=1S/C14H24ClN5O/c1-14(2,12(16)21)9-18-13(17-3)20(5)8-11-6-10(15)7-19(11)4/h6-7H,8-9H2,1-5H3,(H2,16,21)(H,17,18). The highest BCUT2D eigenvalue weighted by atomic mass is 35.5. The number of primary amides is 1. The number of aliphatic imine (C=N–C) groups is 1. The van der Waals surface area contributed by atoms with Crippen molar-refractivity contribution < 1.29 is 4.79 Å². The molecule has 6 nitrogen and oxygen atoms in total. The molecule has 0 atom stereocenters. The smallest absolute Gasteiger partial charge is 0.224 e. The van der Waals surface area contributed by atoms with Crippen molar-refractivity contribution in [3.05, 3.63) is 23.0 Å². The molecule has 0 saturated heterocycles. The second kappa shape index (κ2) is 6.85. The zero-order valence-electron chi connectivity index (χ0n) is 13.3. The van der Waals surface area contributed by atoms with Gasteiger partial charge in [-0.2, -0.15) is 0 Å². The van der Waals surface area contributed by atoms with Crippen molar-refractivity contribution >= 4 is 23.5 Å². The van der Waals surface area contributed by atoms with Crippen LogP contribution in [0.25, 0.3) is 0 Å². The summed E-state index contributed by atoms with van der Waals surface area (Å²) < 4.78 is 1.97. The van der Waals surface area contributed by atoms with Gasteiger partial charge in [-0.1, -0.05) is 11.6 Å². The van der Waals surface area contributed by atoms with Gasteiger partial charge in [0.25, 0.3) is 0 Å². The quantitative estimate of drug-likeness (QED) is 0.633. The number of carbonyl (C=O) groups is 1. The van der Waals surface area contributed by atoms with Crippen molar-refractivity contribution in [3.8, 4) is 0 Å². The number of nitrogens with one attached hydrogen (secondary N) is 1. The van der Waals surface area contributed by atoms with Gasteiger partial charge >= 0.3 is 0 Å². The molecule has 0 spiro atoms. The first-order chi connectivity index (χ1) is 9.67. The largest absolute Gasteiger partial charge is 0.369 e. The van der Waals surface area contributed by atoms with Crippen molar-refractivity contribution in [1.29, 1.82) is 0 Å². The maximum Gasteiger partial charge on any atom is 0.224 e. The fourth-order valence-electron chi connectivity index (χ4n) is 1.81. The first-order valence-corrected chi connectivity index (χ1v) is 7.07. The van der Waals surface area contributed by atoms with Crippen molar-refractivity contribution in [3.63, 3.8) is 0 Å². The summed E-state index contributed by atoms with van der Waals surface area (Å²) in [5.74, 6) is 0.351. The average Bonchev–Trinajstić information content (AvgIpc) is 2.68. The van der Waals surface area contributed by atoms with E-state index >= 15 is 0 Å². The lowest BCUT2D eigenvalue weighted by Crippen LogP contribution is -2.46. The number of amides is 1. The Hall–Kier alpha value is -1.69. The number of halogens is 1. The third-order valence-electron chi connectivity index (χ3n) is 3.40. The zero-order chi connectivity index (χ0) is 16.2. The van der Waals surface area contributed by atoms with Crippen LogP contribution in [0.4, 0.5) is 0 Å². The molecule has 0 unspecified atom stereocenters. The van der Waals surface area contributed by atoms with Crippen LogP contribution in [0.5, 0.6) is 0 Å². The van der Waals surface area contributed by atoms with Crippen LogP contribution in [0.2, 0.25) is 5.02 Å². The lowest BCUT2D eigenvalue weighted by atomic mass is 9.93. The van der Waals surface area contributed by atoms with Gasteiger partial charge in [-0.05, 0) is 19.9 Å². The Labute approximate surface area is 131 Å². The Morgan fingerprint density at radius 3 is 2.62 bits per heavy atom. The van der Waals surface area contributed by atoms with E-state index in [-0.39, 0.29) is 5.91 Å². The summed E-state index contributed by atoms with van der Waals surface area (Å²) in [5.41, 5.74) is 5.81. The van der Waals surface area contributed by atoms with Gasteiger partial charge < -0.3 is 20.5 Å². The Bertz CT molecular complexity index is 535. The summed E-state index contributed by atoms with van der Waals surface area (Å²) in [4.78, 5) is 17.5. The van der Waals surface area contributed by atoms with E-state index in [9.17, 15) is 4.79 Å². The molecule has 1 aromatic rings. The molecule has 0 aromatic carbocycles. The van der Waals surface area contributed by atoms with Gasteiger partial charge in [0.1, 0.15) is 0 Å². The Morgan fingerprint density at radius 2 is 2.19 bits per heavy atom. The number of nitrogens with zero attached hydrogens (tertiary/aromatic N) is 3. The van der Waals surface area contributed by atoms with E-state index in [0.717, 1.165) is 5.69 Å². The number of carbonyl (C=O) groups excluding carboxylic acids is 1. The fraction of sp³-hybridized carbons (Fsp3) is 0.571. The van der Waals surface area contributed by atoms with Crippen LogP contribution >= 0.6 is 11.6 Å². The lowest BCUT2D eigenvalue weighted by Gasteiger charge is -2.26. The highest BCUT2D eigenvalue weighted by Gasteiger charge is 2.25. The topological polar surface area (TPSA) is 75.6 Å². The van der Waals surface area contributed by atoms with Crippen molar-refractivity contribution in [2.24, 2.45) is 23.2 Å². The molecule has 1 amide bonds. The molecule has 118 valence electrons. The highest BCUT2D eigenvalue weighted by molar-refractivity contribution is 6.30. The SMILES string of the molecule is CN=C(NCC(C)(C)C(N)=O)N(C)Cc1cc(Cl)cn1C. The van der Waals surface area contributed by atoms with Gasteiger partial charge in [-0.25, -0.2) is 0 Å². The molecule has 0 bridgehead atoms. The minimum atomic E-state index is -0.634. The summed E-state index contributed by atoms with van der Waals surface area (Å²) in [6, 6.07) is 1.92. The number of guanidine groups is 1. The molecule has 7 heteroatoms. The normalized spacial score (nSPS) is 12.4. The number of aromatic nitrogens is 1. The van der Waals surface area contributed by atoms with E-state index in [4.69, 9.17) is 17.3 Å². The molecule has 1 rings (SSSR count). The third-order valence-corrected chi connectivity index (χ3v) is 3.61. The first kappa shape index (κ1) is 17.4. The predicted octanol–water partition coefficient (Wildman–Crippen LogP) is 1.20. The molecule has 0 radical (unpaired) electrons. The van der Waals surface area contributed by atoms with Crippen LogP contribution in [-0.2, 0) is 18.4 Å². The average molecular weight is 314 g/mol.